The predicted molar refractivity (Wildman–Crippen MR) is 77.6 cm³/mol. The fourth-order valence-electron chi connectivity index (χ4n) is 1.48. The molecule has 0 unspecified atom stereocenters. The Bertz CT molecular complexity index is 441. The Morgan fingerprint density at radius 2 is 1.85 bits per heavy atom. The van der Waals surface area contributed by atoms with Crippen molar-refractivity contribution in [3.05, 3.63) is 29.8 Å². The second-order valence-corrected chi connectivity index (χ2v) is 4.83. The van der Waals surface area contributed by atoms with Gasteiger partial charge in [0.2, 0.25) is 11.8 Å². The third kappa shape index (κ3) is 6.22. The molecule has 1 N–H and O–H groups in total. The number of nitrogens with zero attached hydrogens (tertiary/aromatic N) is 1. The van der Waals surface area contributed by atoms with E-state index in [1.165, 1.54) is 10.5 Å². The number of ether oxygens (including phenoxy) is 1. The van der Waals surface area contributed by atoms with Crippen LogP contribution in [0.4, 0.5) is 0 Å². The van der Waals surface area contributed by atoms with Crippen molar-refractivity contribution in [1.82, 2.24) is 10.2 Å². The molecule has 0 radical (unpaired) electrons. The molecule has 0 fully saturated rings. The zero-order valence-corrected chi connectivity index (χ0v) is 12.3. The number of carbonyl (C=O) groups is 2. The Hall–Kier alpha value is -2.04. The molecule has 1 rings (SSSR count). The third-order valence-electron chi connectivity index (χ3n) is 2.77. The van der Waals surface area contributed by atoms with Crippen LogP contribution in [0.2, 0.25) is 0 Å². The van der Waals surface area contributed by atoms with E-state index in [-0.39, 0.29) is 18.4 Å². The number of likely N-dealkylation sites (N-methyl/N-ethyl adjacent to an activating group) is 1. The molecule has 0 spiro atoms. The Balaban J connectivity index is 2.13. The Labute approximate surface area is 119 Å². The van der Waals surface area contributed by atoms with Gasteiger partial charge in [0.05, 0.1) is 13.2 Å². The largest absolute Gasteiger partial charge is 0.494 e. The fraction of sp³-hybridized carbons (Fsp3) is 0.467. The summed E-state index contributed by atoms with van der Waals surface area (Å²) in [6.45, 7) is 2.55. The molecule has 2 amide bonds. The van der Waals surface area contributed by atoms with Gasteiger partial charge >= 0.3 is 0 Å². The van der Waals surface area contributed by atoms with Crippen LogP contribution in [0.25, 0.3) is 0 Å². The van der Waals surface area contributed by atoms with Crippen LogP contribution in [-0.4, -0.2) is 44.0 Å². The molecular formula is C15H22N2O3. The molecule has 1 aromatic carbocycles. The van der Waals surface area contributed by atoms with Gasteiger partial charge in [0, 0.05) is 20.5 Å². The zero-order valence-electron chi connectivity index (χ0n) is 12.3. The van der Waals surface area contributed by atoms with Crippen molar-refractivity contribution in [1.29, 1.82) is 0 Å². The molecule has 5 heteroatoms. The molecule has 0 atom stereocenters. The molecule has 20 heavy (non-hydrogen) atoms. The minimum atomic E-state index is -0.132. The zero-order chi connectivity index (χ0) is 15.0. The van der Waals surface area contributed by atoms with Gasteiger partial charge in [-0.2, -0.15) is 0 Å². The molecule has 0 saturated carbocycles. The van der Waals surface area contributed by atoms with Gasteiger partial charge in [-0.3, -0.25) is 9.59 Å². The quantitative estimate of drug-likeness (QED) is 0.766. The summed E-state index contributed by atoms with van der Waals surface area (Å²) >= 11 is 0. The SMILES string of the molecule is Cc1ccc(OCCCC(=O)NCC(=O)N(C)C)cc1. The van der Waals surface area contributed by atoms with Crippen molar-refractivity contribution in [3.63, 3.8) is 0 Å². The van der Waals surface area contributed by atoms with E-state index < -0.39 is 0 Å². The molecule has 0 bridgehead atoms. The molecule has 110 valence electrons. The predicted octanol–water partition coefficient (Wildman–Crippen LogP) is 1.36. The van der Waals surface area contributed by atoms with Crippen LogP contribution in [-0.2, 0) is 9.59 Å². The minimum absolute atomic E-state index is 0.0463. The van der Waals surface area contributed by atoms with E-state index in [9.17, 15) is 9.59 Å². The standard InChI is InChI=1S/C15H22N2O3/c1-12-6-8-13(9-7-12)20-10-4-5-14(18)16-11-15(19)17(2)3/h6-9H,4-5,10-11H2,1-3H3,(H,16,18). The van der Waals surface area contributed by atoms with E-state index in [1.807, 2.05) is 31.2 Å². The third-order valence-corrected chi connectivity index (χ3v) is 2.77. The van der Waals surface area contributed by atoms with Gasteiger partial charge in [0.1, 0.15) is 5.75 Å². The molecule has 1 aromatic rings. The Morgan fingerprint density at radius 3 is 2.45 bits per heavy atom. The van der Waals surface area contributed by atoms with Crippen LogP contribution in [0, 0.1) is 6.92 Å². The van der Waals surface area contributed by atoms with E-state index in [0.717, 1.165) is 5.75 Å². The van der Waals surface area contributed by atoms with Gasteiger partial charge < -0.3 is 15.0 Å². The van der Waals surface area contributed by atoms with Crippen LogP contribution < -0.4 is 10.1 Å². The van der Waals surface area contributed by atoms with Gasteiger partial charge in [0.15, 0.2) is 0 Å². The molecule has 0 aromatic heterocycles. The Kier molecular flexibility index (Phi) is 6.56. The summed E-state index contributed by atoms with van der Waals surface area (Å²) in [6, 6.07) is 7.78. The maximum atomic E-state index is 11.5. The van der Waals surface area contributed by atoms with Crippen LogP contribution in [0.15, 0.2) is 24.3 Å². The molecule has 0 heterocycles. The van der Waals surface area contributed by atoms with Crippen molar-refractivity contribution < 1.29 is 14.3 Å². The lowest BCUT2D eigenvalue weighted by molar-refractivity contribution is -0.130. The summed E-state index contributed by atoms with van der Waals surface area (Å²) in [5.41, 5.74) is 1.18. The highest BCUT2D eigenvalue weighted by molar-refractivity contribution is 5.84. The first kappa shape index (κ1) is 16.0. The minimum Gasteiger partial charge on any atom is -0.494 e. The first-order valence-corrected chi connectivity index (χ1v) is 6.65. The summed E-state index contributed by atoms with van der Waals surface area (Å²) in [5.74, 6) is 0.556. The highest BCUT2D eigenvalue weighted by Crippen LogP contribution is 2.11. The molecule has 0 aliphatic carbocycles. The van der Waals surface area contributed by atoms with E-state index in [4.69, 9.17) is 4.74 Å². The number of hydrogen-bond acceptors (Lipinski definition) is 3. The maximum absolute atomic E-state index is 11.5. The number of amides is 2. The van der Waals surface area contributed by atoms with Gasteiger partial charge in [-0.25, -0.2) is 0 Å². The van der Waals surface area contributed by atoms with Gasteiger partial charge in [-0.05, 0) is 25.5 Å². The van der Waals surface area contributed by atoms with Crippen molar-refractivity contribution in [2.45, 2.75) is 19.8 Å². The number of carbonyl (C=O) groups excluding carboxylic acids is 2. The smallest absolute Gasteiger partial charge is 0.241 e. The van der Waals surface area contributed by atoms with Crippen molar-refractivity contribution in [3.8, 4) is 5.75 Å². The van der Waals surface area contributed by atoms with E-state index in [1.54, 1.807) is 14.1 Å². The van der Waals surface area contributed by atoms with Gasteiger partial charge in [-0.15, -0.1) is 0 Å². The number of benzene rings is 1. The summed E-state index contributed by atoms with van der Waals surface area (Å²) < 4.78 is 5.52. The molecule has 5 nitrogen and oxygen atoms in total. The summed E-state index contributed by atoms with van der Waals surface area (Å²) in [6.07, 6.45) is 0.975. The second-order valence-electron chi connectivity index (χ2n) is 4.83. The average molecular weight is 278 g/mol. The lowest BCUT2D eigenvalue weighted by Gasteiger charge is -2.11. The van der Waals surface area contributed by atoms with Gasteiger partial charge in [0.25, 0.3) is 0 Å². The van der Waals surface area contributed by atoms with Crippen LogP contribution in [0.1, 0.15) is 18.4 Å². The molecular weight excluding hydrogens is 256 g/mol. The number of hydrogen-bond donors (Lipinski definition) is 1. The first-order valence-electron chi connectivity index (χ1n) is 6.65. The Morgan fingerprint density at radius 1 is 1.20 bits per heavy atom. The van der Waals surface area contributed by atoms with Crippen molar-refractivity contribution in [2.75, 3.05) is 27.2 Å². The van der Waals surface area contributed by atoms with Crippen LogP contribution >= 0.6 is 0 Å². The number of aryl methyl sites for hydroxylation is 1. The van der Waals surface area contributed by atoms with Crippen LogP contribution in [0.3, 0.4) is 0 Å². The summed E-state index contributed by atoms with van der Waals surface area (Å²) in [4.78, 5) is 24.2. The fourth-order valence-corrected chi connectivity index (χ4v) is 1.48. The first-order chi connectivity index (χ1) is 9.49. The van der Waals surface area contributed by atoms with E-state index in [0.29, 0.717) is 19.4 Å². The average Bonchev–Trinajstić information content (AvgIpc) is 2.42. The number of nitrogens with one attached hydrogen (secondary N) is 1. The lowest BCUT2D eigenvalue weighted by atomic mass is 10.2. The summed E-state index contributed by atoms with van der Waals surface area (Å²) in [7, 11) is 3.31. The topological polar surface area (TPSA) is 58.6 Å². The molecule has 0 aliphatic rings. The van der Waals surface area contributed by atoms with Crippen molar-refractivity contribution >= 4 is 11.8 Å². The van der Waals surface area contributed by atoms with Crippen molar-refractivity contribution in [2.24, 2.45) is 0 Å². The van der Waals surface area contributed by atoms with E-state index in [2.05, 4.69) is 5.32 Å². The normalized spacial score (nSPS) is 9.95. The molecule has 0 aliphatic heterocycles. The maximum Gasteiger partial charge on any atom is 0.241 e. The molecule has 0 saturated heterocycles. The lowest BCUT2D eigenvalue weighted by Crippen LogP contribution is -2.36. The highest BCUT2D eigenvalue weighted by atomic mass is 16.5. The summed E-state index contributed by atoms with van der Waals surface area (Å²) in [5, 5.41) is 2.58. The highest BCUT2D eigenvalue weighted by Gasteiger charge is 2.06. The van der Waals surface area contributed by atoms with E-state index >= 15 is 0 Å². The second kappa shape index (κ2) is 8.19. The number of rotatable bonds is 7. The monoisotopic (exact) mass is 278 g/mol. The van der Waals surface area contributed by atoms with Crippen LogP contribution in [0.5, 0.6) is 5.75 Å². The van der Waals surface area contributed by atoms with Gasteiger partial charge in [-0.1, -0.05) is 17.7 Å².